The Bertz CT molecular complexity index is 640. The van der Waals surface area contributed by atoms with E-state index in [0.717, 1.165) is 44.2 Å². The highest BCUT2D eigenvalue weighted by Gasteiger charge is 2.50. The standard InChI is InChI=1S/C20H32N4O2/c1-16-10-21-24(11-16)8-6-19(26)23-13-17-12-22(18-4-2-3-5-18)9-7-20(17,14-23)15-25/h10-11,17-18,25H,2-9,12-15H2,1H3/t17-,20+/m0/s1. The molecule has 144 valence electrons. The highest BCUT2D eigenvalue weighted by atomic mass is 16.3. The van der Waals surface area contributed by atoms with Crippen LogP contribution in [-0.2, 0) is 11.3 Å². The topological polar surface area (TPSA) is 61.6 Å². The Labute approximate surface area is 156 Å². The first kappa shape index (κ1) is 18.0. The van der Waals surface area contributed by atoms with Crippen molar-refractivity contribution in [1.82, 2.24) is 19.6 Å². The molecule has 1 aromatic heterocycles. The molecule has 1 aliphatic carbocycles. The molecule has 6 heteroatoms. The number of carbonyl (C=O) groups is 1. The fourth-order valence-electron chi connectivity index (χ4n) is 5.32. The zero-order chi connectivity index (χ0) is 18.1. The highest BCUT2D eigenvalue weighted by Crippen LogP contribution is 2.44. The number of aliphatic hydroxyl groups is 1. The minimum atomic E-state index is -0.0763. The van der Waals surface area contributed by atoms with Crippen LogP contribution in [0.15, 0.2) is 12.4 Å². The molecule has 1 N–H and O–H groups in total. The molecular weight excluding hydrogens is 328 g/mol. The first-order chi connectivity index (χ1) is 12.6. The van der Waals surface area contributed by atoms with Crippen molar-refractivity contribution in [1.29, 1.82) is 0 Å². The molecule has 2 atom stereocenters. The van der Waals surface area contributed by atoms with Gasteiger partial charge in [0.2, 0.25) is 5.91 Å². The predicted octanol–water partition coefficient (Wildman–Crippen LogP) is 1.67. The van der Waals surface area contributed by atoms with Crippen molar-refractivity contribution < 1.29 is 9.90 Å². The summed E-state index contributed by atoms with van der Waals surface area (Å²) < 4.78 is 1.85. The third-order valence-electron chi connectivity index (χ3n) is 6.99. The molecule has 1 aromatic rings. The maximum absolute atomic E-state index is 12.8. The van der Waals surface area contributed by atoms with Crippen molar-refractivity contribution in [2.75, 3.05) is 32.8 Å². The molecule has 3 fully saturated rings. The summed E-state index contributed by atoms with van der Waals surface area (Å²) in [6, 6.07) is 0.736. The van der Waals surface area contributed by atoms with Gasteiger partial charge in [0.25, 0.3) is 0 Å². The summed E-state index contributed by atoms with van der Waals surface area (Å²) >= 11 is 0. The van der Waals surface area contributed by atoms with Crippen LogP contribution < -0.4 is 0 Å². The molecule has 2 saturated heterocycles. The summed E-state index contributed by atoms with van der Waals surface area (Å²) in [7, 11) is 0. The highest BCUT2D eigenvalue weighted by molar-refractivity contribution is 5.76. The van der Waals surface area contributed by atoms with Gasteiger partial charge in [-0.2, -0.15) is 5.10 Å². The van der Waals surface area contributed by atoms with Gasteiger partial charge in [-0.05, 0) is 44.2 Å². The number of fused-ring (bicyclic) bond motifs is 1. The van der Waals surface area contributed by atoms with E-state index < -0.39 is 0 Å². The van der Waals surface area contributed by atoms with Crippen LogP contribution in [0.25, 0.3) is 0 Å². The van der Waals surface area contributed by atoms with Gasteiger partial charge in [-0.1, -0.05) is 12.8 Å². The SMILES string of the molecule is Cc1cnn(CCC(=O)N2C[C@@H]3CN(C4CCCC4)CC[C@]3(CO)C2)c1. The third kappa shape index (κ3) is 3.41. The van der Waals surface area contributed by atoms with Crippen LogP contribution in [0, 0.1) is 18.3 Å². The van der Waals surface area contributed by atoms with Crippen LogP contribution in [0.4, 0.5) is 0 Å². The lowest BCUT2D eigenvalue weighted by Crippen LogP contribution is -2.51. The molecule has 1 saturated carbocycles. The Morgan fingerprint density at radius 1 is 1.35 bits per heavy atom. The summed E-state index contributed by atoms with van der Waals surface area (Å²) in [5, 5.41) is 14.4. The maximum Gasteiger partial charge on any atom is 0.224 e. The molecule has 4 rings (SSSR count). The zero-order valence-corrected chi connectivity index (χ0v) is 15.9. The van der Waals surface area contributed by atoms with E-state index in [1.807, 2.05) is 28.9 Å². The van der Waals surface area contributed by atoms with Gasteiger partial charge < -0.3 is 10.0 Å². The van der Waals surface area contributed by atoms with Gasteiger partial charge in [0.1, 0.15) is 0 Å². The number of aryl methyl sites for hydroxylation is 2. The Hall–Kier alpha value is -1.40. The number of amides is 1. The second-order valence-electron chi connectivity index (χ2n) is 8.71. The number of hydrogen-bond donors (Lipinski definition) is 1. The van der Waals surface area contributed by atoms with E-state index in [9.17, 15) is 9.90 Å². The van der Waals surface area contributed by atoms with E-state index >= 15 is 0 Å². The minimum absolute atomic E-state index is 0.0763. The van der Waals surface area contributed by atoms with Crippen LogP contribution in [-0.4, -0.2) is 69.4 Å². The van der Waals surface area contributed by atoms with E-state index in [1.165, 1.54) is 25.7 Å². The fraction of sp³-hybridized carbons (Fsp3) is 0.800. The number of aromatic nitrogens is 2. The van der Waals surface area contributed by atoms with E-state index in [1.54, 1.807) is 0 Å². The number of rotatable bonds is 5. The van der Waals surface area contributed by atoms with Gasteiger partial charge in [-0.25, -0.2) is 0 Å². The van der Waals surface area contributed by atoms with Gasteiger partial charge in [-0.3, -0.25) is 14.4 Å². The number of carbonyl (C=O) groups excluding carboxylic acids is 1. The quantitative estimate of drug-likeness (QED) is 0.868. The molecule has 0 unspecified atom stereocenters. The molecule has 3 aliphatic rings. The van der Waals surface area contributed by atoms with Crippen molar-refractivity contribution >= 4 is 5.91 Å². The summed E-state index contributed by atoms with van der Waals surface area (Å²) in [4.78, 5) is 17.4. The van der Waals surface area contributed by atoms with Crippen molar-refractivity contribution in [3.63, 3.8) is 0 Å². The normalized spacial score (nSPS) is 30.1. The van der Waals surface area contributed by atoms with E-state index in [0.29, 0.717) is 18.9 Å². The van der Waals surface area contributed by atoms with E-state index in [-0.39, 0.29) is 17.9 Å². The average molecular weight is 361 g/mol. The Morgan fingerprint density at radius 2 is 2.15 bits per heavy atom. The maximum atomic E-state index is 12.8. The minimum Gasteiger partial charge on any atom is -0.396 e. The number of likely N-dealkylation sites (tertiary alicyclic amines) is 2. The molecule has 3 heterocycles. The Kier molecular flexibility index (Phi) is 5.06. The summed E-state index contributed by atoms with van der Waals surface area (Å²) in [6.45, 7) is 6.51. The monoisotopic (exact) mass is 360 g/mol. The Morgan fingerprint density at radius 3 is 2.85 bits per heavy atom. The molecule has 0 spiro atoms. The van der Waals surface area contributed by atoms with Gasteiger partial charge in [0.15, 0.2) is 0 Å². The van der Waals surface area contributed by atoms with Crippen molar-refractivity contribution in [3.8, 4) is 0 Å². The molecular formula is C20H32N4O2. The summed E-state index contributed by atoms with van der Waals surface area (Å²) in [5.74, 6) is 0.616. The molecule has 26 heavy (non-hydrogen) atoms. The summed E-state index contributed by atoms with van der Waals surface area (Å²) in [5.41, 5.74) is 1.04. The number of piperidine rings is 1. The second kappa shape index (κ2) is 7.31. The fourth-order valence-corrected chi connectivity index (χ4v) is 5.32. The predicted molar refractivity (Wildman–Crippen MR) is 99.6 cm³/mol. The average Bonchev–Trinajstić information content (AvgIpc) is 3.38. The molecule has 0 bridgehead atoms. The third-order valence-corrected chi connectivity index (χ3v) is 6.99. The van der Waals surface area contributed by atoms with E-state index in [4.69, 9.17) is 0 Å². The lowest BCUT2D eigenvalue weighted by molar-refractivity contribution is -0.131. The molecule has 0 radical (unpaired) electrons. The molecule has 6 nitrogen and oxygen atoms in total. The lowest BCUT2D eigenvalue weighted by atomic mass is 9.73. The first-order valence-electron chi connectivity index (χ1n) is 10.2. The molecule has 2 aliphatic heterocycles. The van der Waals surface area contributed by atoms with Crippen LogP contribution >= 0.6 is 0 Å². The van der Waals surface area contributed by atoms with Gasteiger partial charge in [-0.15, -0.1) is 0 Å². The van der Waals surface area contributed by atoms with Crippen LogP contribution in [0.2, 0.25) is 0 Å². The Balaban J connectivity index is 1.36. The second-order valence-corrected chi connectivity index (χ2v) is 8.71. The van der Waals surface area contributed by atoms with Gasteiger partial charge in [0, 0.05) is 50.3 Å². The molecule has 1 amide bonds. The van der Waals surface area contributed by atoms with Crippen molar-refractivity contribution in [3.05, 3.63) is 18.0 Å². The lowest BCUT2D eigenvalue weighted by Gasteiger charge is -2.44. The number of nitrogens with zero attached hydrogens (tertiary/aromatic N) is 4. The number of aliphatic hydroxyl groups excluding tert-OH is 1. The van der Waals surface area contributed by atoms with Crippen LogP contribution in [0.5, 0.6) is 0 Å². The van der Waals surface area contributed by atoms with Gasteiger partial charge >= 0.3 is 0 Å². The first-order valence-corrected chi connectivity index (χ1v) is 10.2. The van der Waals surface area contributed by atoms with Crippen LogP contribution in [0.1, 0.15) is 44.1 Å². The summed E-state index contributed by atoms with van der Waals surface area (Å²) in [6.07, 6.45) is 10.7. The van der Waals surface area contributed by atoms with Crippen molar-refractivity contribution in [2.45, 2.75) is 58.0 Å². The largest absolute Gasteiger partial charge is 0.396 e. The van der Waals surface area contributed by atoms with E-state index in [2.05, 4.69) is 10.00 Å². The molecule has 0 aromatic carbocycles. The van der Waals surface area contributed by atoms with Gasteiger partial charge in [0.05, 0.1) is 12.8 Å². The number of hydrogen-bond acceptors (Lipinski definition) is 4. The van der Waals surface area contributed by atoms with Crippen LogP contribution in [0.3, 0.4) is 0 Å². The van der Waals surface area contributed by atoms with Crippen molar-refractivity contribution in [2.24, 2.45) is 11.3 Å². The zero-order valence-electron chi connectivity index (χ0n) is 15.9. The smallest absolute Gasteiger partial charge is 0.224 e.